The zero-order valence-corrected chi connectivity index (χ0v) is 17.7. The van der Waals surface area contributed by atoms with E-state index >= 15 is 0 Å². The second-order valence-corrected chi connectivity index (χ2v) is 7.95. The Kier molecular flexibility index (Phi) is 5.67. The van der Waals surface area contributed by atoms with Crippen LogP contribution in [0.1, 0.15) is 40.4 Å². The molecule has 1 atom stereocenters. The third-order valence-corrected chi connectivity index (χ3v) is 6.03. The Balaban J connectivity index is 1.40. The van der Waals surface area contributed by atoms with Gasteiger partial charge in [0.2, 0.25) is 0 Å². The van der Waals surface area contributed by atoms with Crippen molar-refractivity contribution in [1.82, 2.24) is 25.2 Å². The number of carbonyl (C=O) groups excluding carboxylic acids is 1. The molecular formula is C22H28N6O2. The number of anilines is 1. The van der Waals surface area contributed by atoms with Crippen LogP contribution in [-0.4, -0.2) is 65.0 Å². The number of nitrogens with zero attached hydrogens (tertiary/aromatic N) is 4. The van der Waals surface area contributed by atoms with E-state index in [0.29, 0.717) is 23.1 Å². The Labute approximate surface area is 176 Å². The zero-order chi connectivity index (χ0) is 21.3. The first-order valence-corrected chi connectivity index (χ1v) is 10.4. The van der Waals surface area contributed by atoms with E-state index in [9.17, 15) is 9.59 Å². The summed E-state index contributed by atoms with van der Waals surface area (Å²) in [6.07, 6.45) is 5.89. The van der Waals surface area contributed by atoms with Gasteiger partial charge in [-0.3, -0.25) is 14.5 Å². The number of rotatable bonds is 4. The van der Waals surface area contributed by atoms with Gasteiger partial charge in [-0.25, -0.2) is 9.97 Å². The van der Waals surface area contributed by atoms with Crippen LogP contribution >= 0.6 is 0 Å². The molecule has 1 aliphatic carbocycles. The standard InChI is InChI=1S/C22H28N6O2/c1-14-13-24-20(26-21(14)29)16-4-5-17(12-16)27-8-10-28(11-9-27)19-7-6-18(22(30)23-3)25-15(19)2/h6-7,12-13,17H,4-5,8-11H2,1-3H3,(H,23,30)(H,24,26,29). The molecule has 0 aromatic carbocycles. The number of aromatic nitrogens is 3. The molecule has 8 heteroatoms. The third kappa shape index (κ3) is 4.00. The predicted octanol–water partition coefficient (Wildman–Crippen LogP) is 1.51. The maximum absolute atomic E-state index is 11.9. The number of H-pyrrole nitrogens is 1. The van der Waals surface area contributed by atoms with Gasteiger partial charge in [-0.1, -0.05) is 6.08 Å². The van der Waals surface area contributed by atoms with E-state index in [2.05, 4.69) is 36.1 Å². The van der Waals surface area contributed by atoms with Crippen LogP contribution in [0.3, 0.4) is 0 Å². The first-order valence-electron chi connectivity index (χ1n) is 10.4. The van der Waals surface area contributed by atoms with E-state index in [4.69, 9.17) is 0 Å². The second kappa shape index (κ2) is 8.39. The molecule has 0 bridgehead atoms. The molecule has 2 aromatic rings. The van der Waals surface area contributed by atoms with Crippen LogP contribution in [0.5, 0.6) is 0 Å². The number of hydrogen-bond donors (Lipinski definition) is 2. The van der Waals surface area contributed by atoms with Crippen molar-refractivity contribution in [3.63, 3.8) is 0 Å². The lowest BCUT2D eigenvalue weighted by atomic mass is 10.1. The summed E-state index contributed by atoms with van der Waals surface area (Å²) in [5, 5.41) is 2.61. The fourth-order valence-corrected chi connectivity index (χ4v) is 4.25. The average Bonchev–Trinajstić information content (AvgIpc) is 3.25. The van der Waals surface area contributed by atoms with Gasteiger partial charge in [0, 0.05) is 51.0 Å². The number of amides is 1. The summed E-state index contributed by atoms with van der Waals surface area (Å²) in [4.78, 5) is 40.3. The molecule has 4 rings (SSSR count). The van der Waals surface area contributed by atoms with Crippen LogP contribution < -0.4 is 15.8 Å². The van der Waals surface area contributed by atoms with Gasteiger partial charge in [-0.05, 0) is 44.4 Å². The Hall–Kier alpha value is -3.00. The Bertz CT molecular complexity index is 1040. The summed E-state index contributed by atoms with van der Waals surface area (Å²) in [5.41, 5.74) is 4.11. The van der Waals surface area contributed by atoms with Crippen molar-refractivity contribution in [1.29, 1.82) is 0 Å². The Morgan fingerprint density at radius 3 is 2.63 bits per heavy atom. The fraction of sp³-hybridized carbons (Fsp3) is 0.455. The van der Waals surface area contributed by atoms with Gasteiger partial charge in [-0.2, -0.15) is 0 Å². The molecule has 0 spiro atoms. The van der Waals surface area contributed by atoms with Crippen LogP contribution in [0.4, 0.5) is 5.69 Å². The van der Waals surface area contributed by atoms with Crippen molar-refractivity contribution < 1.29 is 4.79 Å². The summed E-state index contributed by atoms with van der Waals surface area (Å²) in [6.45, 7) is 7.48. The summed E-state index contributed by atoms with van der Waals surface area (Å²) >= 11 is 0. The summed E-state index contributed by atoms with van der Waals surface area (Å²) in [6, 6.07) is 4.16. The van der Waals surface area contributed by atoms with Crippen molar-refractivity contribution in [3.05, 3.63) is 57.5 Å². The highest BCUT2D eigenvalue weighted by Crippen LogP contribution is 2.29. The molecule has 0 radical (unpaired) electrons. The van der Waals surface area contributed by atoms with E-state index in [1.54, 1.807) is 26.2 Å². The van der Waals surface area contributed by atoms with Crippen LogP contribution in [0.2, 0.25) is 0 Å². The number of carbonyl (C=O) groups is 1. The molecule has 3 heterocycles. The lowest BCUT2D eigenvalue weighted by Crippen LogP contribution is -2.49. The van der Waals surface area contributed by atoms with E-state index in [1.165, 1.54) is 0 Å². The molecule has 1 saturated heterocycles. The smallest absolute Gasteiger partial charge is 0.269 e. The highest BCUT2D eigenvalue weighted by atomic mass is 16.1. The summed E-state index contributed by atoms with van der Waals surface area (Å²) < 4.78 is 0. The van der Waals surface area contributed by atoms with Crippen LogP contribution in [0.25, 0.3) is 5.57 Å². The molecule has 2 aromatic heterocycles. The number of aromatic amines is 1. The number of allylic oxidation sites excluding steroid dienone is 1. The van der Waals surface area contributed by atoms with Gasteiger partial charge >= 0.3 is 0 Å². The first kappa shape index (κ1) is 20.3. The van der Waals surface area contributed by atoms with E-state index in [1.807, 2.05) is 13.0 Å². The minimum Gasteiger partial charge on any atom is -0.368 e. The normalized spacial score (nSPS) is 19.6. The van der Waals surface area contributed by atoms with Gasteiger partial charge < -0.3 is 15.2 Å². The minimum atomic E-state index is -0.164. The number of nitrogens with one attached hydrogen (secondary N) is 2. The Morgan fingerprint density at radius 1 is 1.20 bits per heavy atom. The predicted molar refractivity (Wildman–Crippen MR) is 117 cm³/mol. The molecular weight excluding hydrogens is 380 g/mol. The second-order valence-electron chi connectivity index (χ2n) is 7.95. The van der Waals surface area contributed by atoms with Crippen LogP contribution in [-0.2, 0) is 0 Å². The minimum absolute atomic E-state index is 0.0654. The number of pyridine rings is 1. The fourth-order valence-electron chi connectivity index (χ4n) is 4.25. The van der Waals surface area contributed by atoms with Gasteiger partial charge in [0.25, 0.3) is 11.5 Å². The van der Waals surface area contributed by atoms with E-state index < -0.39 is 0 Å². The number of aryl methyl sites for hydroxylation is 2. The molecule has 158 valence electrons. The topological polar surface area (TPSA) is 94.2 Å². The highest BCUT2D eigenvalue weighted by Gasteiger charge is 2.28. The quantitative estimate of drug-likeness (QED) is 0.797. The number of hydrogen-bond acceptors (Lipinski definition) is 6. The van der Waals surface area contributed by atoms with E-state index in [-0.39, 0.29) is 11.5 Å². The molecule has 1 aliphatic heterocycles. The van der Waals surface area contributed by atoms with E-state index in [0.717, 1.165) is 56.0 Å². The molecule has 1 fully saturated rings. The molecule has 1 unspecified atom stereocenters. The molecule has 0 saturated carbocycles. The molecule has 8 nitrogen and oxygen atoms in total. The van der Waals surface area contributed by atoms with Gasteiger partial charge in [-0.15, -0.1) is 0 Å². The third-order valence-electron chi connectivity index (χ3n) is 6.03. The lowest BCUT2D eigenvalue weighted by Gasteiger charge is -2.39. The maximum Gasteiger partial charge on any atom is 0.269 e. The molecule has 1 amide bonds. The van der Waals surface area contributed by atoms with Crippen molar-refractivity contribution in [2.75, 3.05) is 38.1 Å². The Morgan fingerprint density at radius 2 is 1.97 bits per heavy atom. The van der Waals surface area contributed by atoms with Crippen molar-refractivity contribution in [2.24, 2.45) is 0 Å². The van der Waals surface area contributed by atoms with Gasteiger partial charge in [0.05, 0.1) is 11.4 Å². The zero-order valence-electron chi connectivity index (χ0n) is 17.7. The molecule has 2 aliphatic rings. The van der Waals surface area contributed by atoms with Crippen molar-refractivity contribution in [3.8, 4) is 0 Å². The lowest BCUT2D eigenvalue weighted by molar-refractivity contribution is 0.0958. The van der Waals surface area contributed by atoms with Crippen LogP contribution in [0.15, 0.2) is 29.2 Å². The van der Waals surface area contributed by atoms with Crippen molar-refractivity contribution >= 4 is 17.2 Å². The highest BCUT2D eigenvalue weighted by molar-refractivity contribution is 5.92. The average molecular weight is 409 g/mol. The van der Waals surface area contributed by atoms with Crippen LogP contribution in [0, 0.1) is 13.8 Å². The van der Waals surface area contributed by atoms with Crippen molar-refractivity contribution in [2.45, 2.75) is 32.7 Å². The van der Waals surface area contributed by atoms with Gasteiger partial charge in [0.1, 0.15) is 11.5 Å². The molecule has 30 heavy (non-hydrogen) atoms. The first-order chi connectivity index (χ1) is 14.5. The molecule has 2 N–H and O–H groups in total. The van der Waals surface area contributed by atoms with Gasteiger partial charge in [0.15, 0.2) is 0 Å². The summed E-state index contributed by atoms with van der Waals surface area (Å²) in [5.74, 6) is 0.535. The number of piperazine rings is 1. The monoisotopic (exact) mass is 408 g/mol. The largest absolute Gasteiger partial charge is 0.368 e. The SMILES string of the molecule is CNC(=O)c1ccc(N2CCN(C3C=C(c4ncc(C)c(=O)[nH]4)CC3)CC2)c(C)n1. The summed E-state index contributed by atoms with van der Waals surface area (Å²) in [7, 11) is 1.61. The maximum atomic E-state index is 11.9.